The van der Waals surface area contributed by atoms with E-state index in [0.29, 0.717) is 18.9 Å². The lowest BCUT2D eigenvalue weighted by Crippen LogP contribution is -2.05. The summed E-state index contributed by atoms with van der Waals surface area (Å²) in [6.45, 7) is 3.39. The van der Waals surface area contributed by atoms with E-state index in [4.69, 9.17) is 9.47 Å². The van der Waals surface area contributed by atoms with Crippen molar-refractivity contribution in [3.63, 3.8) is 0 Å². The Morgan fingerprint density at radius 2 is 2.18 bits per heavy atom. The normalized spacial score (nSPS) is 10.6. The monoisotopic (exact) mass is 299 g/mol. The summed E-state index contributed by atoms with van der Waals surface area (Å²) in [6, 6.07) is 9.65. The summed E-state index contributed by atoms with van der Waals surface area (Å²) in [5.74, 6) is 1.47. The number of hydrazone groups is 1. The second kappa shape index (κ2) is 8.67. The number of rotatable bonds is 8. The third-order valence-electron chi connectivity index (χ3n) is 2.96. The summed E-state index contributed by atoms with van der Waals surface area (Å²) in [5.41, 5.74) is 5.02. The van der Waals surface area contributed by atoms with Gasteiger partial charge in [-0.1, -0.05) is 13.0 Å². The molecular formula is C17H21N3O2. The molecule has 22 heavy (non-hydrogen) atoms. The van der Waals surface area contributed by atoms with Crippen LogP contribution in [0.25, 0.3) is 0 Å². The molecule has 0 unspecified atom stereocenters. The summed E-state index contributed by atoms with van der Waals surface area (Å²) >= 11 is 0. The highest BCUT2D eigenvalue weighted by Gasteiger charge is 2.04. The summed E-state index contributed by atoms with van der Waals surface area (Å²) in [6.07, 6.45) is 6.28. The molecule has 1 heterocycles. The SMILES string of the molecule is CCCOc1ccc(/C=N/NCc2cccnc2)cc1OC. The van der Waals surface area contributed by atoms with Gasteiger partial charge in [-0.2, -0.15) is 5.10 Å². The molecule has 1 N–H and O–H groups in total. The minimum Gasteiger partial charge on any atom is -0.493 e. The van der Waals surface area contributed by atoms with E-state index in [1.807, 2.05) is 36.5 Å². The molecule has 0 saturated carbocycles. The maximum Gasteiger partial charge on any atom is 0.161 e. The van der Waals surface area contributed by atoms with Crippen LogP contribution in [0.5, 0.6) is 11.5 Å². The van der Waals surface area contributed by atoms with Crippen molar-refractivity contribution in [2.45, 2.75) is 19.9 Å². The van der Waals surface area contributed by atoms with Crippen LogP contribution in [-0.4, -0.2) is 24.9 Å². The first-order valence-corrected chi connectivity index (χ1v) is 7.29. The van der Waals surface area contributed by atoms with Crippen molar-refractivity contribution in [2.75, 3.05) is 13.7 Å². The van der Waals surface area contributed by atoms with Gasteiger partial charge in [0, 0.05) is 12.4 Å². The first-order valence-electron chi connectivity index (χ1n) is 7.29. The Morgan fingerprint density at radius 1 is 1.27 bits per heavy atom. The van der Waals surface area contributed by atoms with Gasteiger partial charge in [0.1, 0.15) is 0 Å². The number of nitrogens with zero attached hydrogens (tertiary/aromatic N) is 2. The van der Waals surface area contributed by atoms with Crippen LogP contribution in [0.15, 0.2) is 47.8 Å². The molecule has 0 spiro atoms. The van der Waals surface area contributed by atoms with Crippen LogP contribution < -0.4 is 14.9 Å². The fourth-order valence-electron chi connectivity index (χ4n) is 1.86. The van der Waals surface area contributed by atoms with E-state index in [9.17, 15) is 0 Å². The van der Waals surface area contributed by atoms with Crippen molar-refractivity contribution in [2.24, 2.45) is 5.10 Å². The predicted molar refractivity (Wildman–Crippen MR) is 87.5 cm³/mol. The maximum atomic E-state index is 5.62. The van der Waals surface area contributed by atoms with Gasteiger partial charge in [-0.05, 0) is 41.8 Å². The molecule has 116 valence electrons. The molecule has 0 aliphatic rings. The summed E-state index contributed by atoms with van der Waals surface area (Å²) in [7, 11) is 1.63. The van der Waals surface area contributed by atoms with Crippen LogP contribution in [0, 0.1) is 0 Å². The van der Waals surface area contributed by atoms with Gasteiger partial charge in [-0.25, -0.2) is 0 Å². The highest BCUT2D eigenvalue weighted by Crippen LogP contribution is 2.27. The topological polar surface area (TPSA) is 55.7 Å². The minimum absolute atomic E-state index is 0.638. The molecule has 0 bridgehead atoms. The van der Waals surface area contributed by atoms with E-state index in [1.165, 1.54) is 0 Å². The van der Waals surface area contributed by atoms with Gasteiger partial charge in [0.2, 0.25) is 0 Å². The van der Waals surface area contributed by atoms with Gasteiger partial charge < -0.3 is 14.9 Å². The number of ether oxygens (including phenoxy) is 2. The Bertz CT molecular complexity index is 600. The second-order valence-corrected chi connectivity index (χ2v) is 4.71. The molecular weight excluding hydrogens is 278 g/mol. The van der Waals surface area contributed by atoms with Gasteiger partial charge in [0.25, 0.3) is 0 Å². The molecule has 5 nitrogen and oxygen atoms in total. The molecule has 0 radical (unpaired) electrons. The Morgan fingerprint density at radius 3 is 2.91 bits per heavy atom. The third-order valence-corrected chi connectivity index (χ3v) is 2.96. The van der Waals surface area contributed by atoms with E-state index in [0.717, 1.165) is 23.3 Å². The second-order valence-electron chi connectivity index (χ2n) is 4.71. The Balaban J connectivity index is 1.93. The Labute approximate surface area is 131 Å². The van der Waals surface area contributed by atoms with Crippen molar-refractivity contribution in [3.8, 4) is 11.5 Å². The van der Waals surface area contributed by atoms with Gasteiger partial charge in [-0.15, -0.1) is 0 Å². The number of hydrogen-bond donors (Lipinski definition) is 1. The molecule has 2 rings (SSSR count). The van der Waals surface area contributed by atoms with E-state index < -0.39 is 0 Å². The van der Waals surface area contributed by atoms with Crippen molar-refractivity contribution < 1.29 is 9.47 Å². The average Bonchev–Trinajstić information content (AvgIpc) is 2.58. The quantitative estimate of drug-likeness (QED) is 0.601. The number of aromatic nitrogens is 1. The maximum absolute atomic E-state index is 5.62. The number of nitrogens with one attached hydrogen (secondary N) is 1. The van der Waals surface area contributed by atoms with E-state index in [-0.39, 0.29) is 0 Å². The van der Waals surface area contributed by atoms with Crippen molar-refractivity contribution in [1.82, 2.24) is 10.4 Å². The number of hydrogen-bond acceptors (Lipinski definition) is 5. The molecule has 0 fully saturated rings. The van der Waals surface area contributed by atoms with Gasteiger partial charge in [0.05, 0.1) is 26.5 Å². The van der Waals surface area contributed by atoms with E-state index in [2.05, 4.69) is 22.4 Å². The lowest BCUT2D eigenvalue weighted by Gasteiger charge is -2.10. The molecule has 0 atom stereocenters. The predicted octanol–water partition coefficient (Wildman–Crippen LogP) is 3.00. The standard InChI is InChI=1S/C17H21N3O2/c1-3-9-22-16-7-6-14(10-17(16)21-2)12-19-20-13-15-5-4-8-18-11-15/h4-8,10-12,20H,3,9,13H2,1-2H3/b19-12+. The Hall–Kier alpha value is -2.56. The summed E-state index contributed by atoms with van der Waals surface area (Å²) in [4.78, 5) is 4.06. The summed E-state index contributed by atoms with van der Waals surface area (Å²) < 4.78 is 11.0. The largest absolute Gasteiger partial charge is 0.493 e. The first kappa shape index (κ1) is 15.8. The highest BCUT2D eigenvalue weighted by molar-refractivity contribution is 5.80. The molecule has 5 heteroatoms. The van der Waals surface area contributed by atoms with Gasteiger partial charge in [-0.3, -0.25) is 4.98 Å². The lowest BCUT2D eigenvalue weighted by molar-refractivity contribution is 0.294. The minimum atomic E-state index is 0.638. The fourth-order valence-corrected chi connectivity index (χ4v) is 1.86. The molecule has 1 aromatic carbocycles. The molecule has 1 aromatic heterocycles. The summed E-state index contributed by atoms with van der Waals surface area (Å²) in [5, 5.41) is 4.20. The van der Waals surface area contributed by atoms with Crippen molar-refractivity contribution >= 4 is 6.21 Å². The zero-order chi connectivity index (χ0) is 15.6. The first-order chi connectivity index (χ1) is 10.8. The smallest absolute Gasteiger partial charge is 0.161 e. The third kappa shape index (κ3) is 4.77. The zero-order valence-corrected chi connectivity index (χ0v) is 13.0. The molecule has 0 amide bonds. The van der Waals surface area contributed by atoms with Crippen LogP contribution in [-0.2, 0) is 6.54 Å². The molecule has 0 aliphatic carbocycles. The van der Waals surface area contributed by atoms with Gasteiger partial charge in [0.15, 0.2) is 11.5 Å². The van der Waals surface area contributed by atoms with Crippen LogP contribution in [0.4, 0.5) is 0 Å². The van der Waals surface area contributed by atoms with Gasteiger partial charge >= 0.3 is 0 Å². The molecule has 0 saturated heterocycles. The molecule has 2 aromatic rings. The van der Waals surface area contributed by atoms with Crippen LogP contribution in [0.3, 0.4) is 0 Å². The highest BCUT2D eigenvalue weighted by atomic mass is 16.5. The average molecular weight is 299 g/mol. The fraction of sp³-hybridized carbons (Fsp3) is 0.294. The zero-order valence-electron chi connectivity index (χ0n) is 13.0. The van der Waals surface area contributed by atoms with Crippen molar-refractivity contribution in [1.29, 1.82) is 0 Å². The van der Waals surface area contributed by atoms with Crippen LogP contribution in [0.2, 0.25) is 0 Å². The van der Waals surface area contributed by atoms with E-state index in [1.54, 1.807) is 19.5 Å². The van der Waals surface area contributed by atoms with Crippen LogP contribution >= 0.6 is 0 Å². The number of benzene rings is 1. The Kier molecular flexibility index (Phi) is 6.23. The van der Waals surface area contributed by atoms with E-state index >= 15 is 0 Å². The van der Waals surface area contributed by atoms with Crippen LogP contribution in [0.1, 0.15) is 24.5 Å². The lowest BCUT2D eigenvalue weighted by atomic mass is 10.2. The number of methoxy groups -OCH3 is 1. The number of pyridine rings is 1. The van der Waals surface area contributed by atoms with Crippen molar-refractivity contribution in [3.05, 3.63) is 53.9 Å². The molecule has 0 aliphatic heterocycles.